The number of rotatable bonds is 6. The summed E-state index contributed by atoms with van der Waals surface area (Å²) in [7, 11) is 1.69. The van der Waals surface area contributed by atoms with Gasteiger partial charge < -0.3 is 9.84 Å². The second-order valence-electron chi connectivity index (χ2n) is 5.89. The standard InChI is InChI=1S/C21H26O3/c1-14(8-7-9-15(2)12-21(22)23)10-11-19-16(3)13-20(24-6)18(5)17(19)4/h7-13H,1-6H3,(H,22,23)/b9-7?,11-10?,14-8?,15-12+. The zero-order valence-corrected chi connectivity index (χ0v) is 15.3. The smallest absolute Gasteiger partial charge is 0.328 e. The van der Waals surface area contributed by atoms with Crippen molar-refractivity contribution < 1.29 is 14.6 Å². The molecule has 0 amide bonds. The van der Waals surface area contributed by atoms with E-state index in [1.54, 1.807) is 20.1 Å². The second kappa shape index (κ2) is 8.92. The van der Waals surface area contributed by atoms with Gasteiger partial charge in [-0.15, -0.1) is 0 Å². The van der Waals surface area contributed by atoms with E-state index in [0.29, 0.717) is 5.57 Å². The molecule has 0 aliphatic carbocycles. The SMILES string of the molecule is COc1cc(C)c(C=CC(C)=CC=C/C(C)=C/C(=O)O)c(C)c1C. The number of aryl methyl sites for hydroxylation is 1. The summed E-state index contributed by atoms with van der Waals surface area (Å²) in [5, 5.41) is 8.67. The molecule has 1 rings (SSSR count). The van der Waals surface area contributed by atoms with Crippen LogP contribution >= 0.6 is 0 Å². The number of carboxylic acids is 1. The van der Waals surface area contributed by atoms with Gasteiger partial charge in [-0.1, -0.05) is 36.0 Å². The zero-order chi connectivity index (χ0) is 18.3. The van der Waals surface area contributed by atoms with Crippen LogP contribution in [0.3, 0.4) is 0 Å². The van der Waals surface area contributed by atoms with Crippen molar-refractivity contribution in [1.29, 1.82) is 0 Å². The number of ether oxygens (including phenoxy) is 1. The summed E-state index contributed by atoms with van der Waals surface area (Å²) in [6.45, 7) is 10.0. The third kappa shape index (κ3) is 5.58. The molecule has 0 aliphatic heterocycles. The highest BCUT2D eigenvalue weighted by Gasteiger charge is 2.08. The van der Waals surface area contributed by atoms with Crippen LogP contribution in [-0.4, -0.2) is 18.2 Å². The predicted molar refractivity (Wildman–Crippen MR) is 101 cm³/mol. The fourth-order valence-corrected chi connectivity index (χ4v) is 2.40. The van der Waals surface area contributed by atoms with Gasteiger partial charge in [0.25, 0.3) is 0 Å². The molecule has 1 aromatic carbocycles. The lowest BCUT2D eigenvalue weighted by Crippen LogP contribution is -1.95. The molecular formula is C21H26O3. The lowest BCUT2D eigenvalue weighted by atomic mass is 9.96. The summed E-state index contributed by atoms with van der Waals surface area (Å²) in [4.78, 5) is 10.6. The van der Waals surface area contributed by atoms with Crippen molar-refractivity contribution in [1.82, 2.24) is 0 Å². The Balaban J connectivity index is 2.97. The maximum atomic E-state index is 10.6. The molecule has 0 bridgehead atoms. The van der Waals surface area contributed by atoms with Gasteiger partial charge in [0.1, 0.15) is 5.75 Å². The highest BCUT2D eigenvalue weighted by molar-refractivity contribution is 5.81. The Morgan fingerprint density at radius 3 is 2.33 bits per heavy atom. The normalized spacial score (nSPS) is 13.1. The van der Waals surface area contributed by atoms with Crippen molar-refractivity contribution in [2.24, 2.45) is 0 Å². The van der Waals surface area contributed by atoms with E-state index in [1.165, 1.54) is 22.8 Å². The third-order valence-corrected chi connectivity index (χ3v) is 3.91. The van der Waals surface area contributed by atoms with Crippen LogP contribution in [0.15, 0.2) is 47.6 Å². The number of allylic oxidation sites excluding steroid dienone is 6. The number of benzene rings is 1. The molecule has 128 valence electrons. The molecule has 0 atom stereocenters. The van der Waals surface area contributed by atoms with E-state index >= 15 is 0 Å². The van der Waals surface area contributed by atoms with Crippen LogP contribution < -0.4 is 4.74 Å². The van der Waals surface area contributed by atoms with E-state index in [0.717, 1.165) is 16.9 Å². The van der Waals surface area contributed by atoms with Crippen LogP contribution in [-0.2, 0) is 4.79 Å². The van der Waals surface area contributed by atoms with Crippen LogP contribution in [0.1, 0.15) is 36.1 Å². The minimum absolute atomic E-state index is 0.702. The Kier molecular flexibility index (Phi) is 7.25. The first-order valence-electron chi connectivity index (χ1n) is 7.85. The van der Waals surface area contributed by atoms with Crippen LogP contribution in [0, 0.1) is 20.8 Å². The van der Waals surface area contributed by atoms with Gasteiger partial charge in [0.2, 0.25) is 0 Å². The number of hydrogen-bond donors (Lipinski definition) is 1. The number of methoxy groups -OCH3 is 1. The zero-order valence-electron chi connectivity index (χ0n) is 15.3. The number of hydrogen-bond acceptors (Lipinski definition) is 2. The molecule has 0 spiro atoms. The van der Waals surface area contributed by atoms with Crippen molar-refractivity contribution in [3.8, 4) is 5.75 Å². The lowest BCUT2D eigenvalue weighted by molar-refractivity contribution is -0.131. The van der Waals surface area contributed by atoms with E-state index in [-0.39, 0.29) is 0 Å². The molecule has 0 unspecified atom stereocenters. The highest BCUT2D eigenvalue weighted by atomic mass is 16.5. The molecule has 0 aliphatic rings. The van der Waals surface area contributed by atoms with E-state index in [1.807, 2.05) is 19.1 Å². The summed E-state index contributed by atoms with van der Waals surface area (Å²) in [6, 6.07) is 2.06. The minimum Gasteiger partial charge on any atom is -0.496 e. The molecular weight excluding hydrogens is 300 g/mol. The van der Waals surface area contributed by atoms with Crippen LogP contribution in [0.2, 0.25) is 0 Å². The van der Waals surface area contributed by atoms with Gasteiger partial charge in [0.15, 0.2) is 0 Å². The summed E-state index contributed by atoms with van der Waals surface area (Å²) < 4.78 is 5.40. The van der Waals surface area contributed by atoms with Crippen LogP contribution in [0.4, 0.5) is 0 Å². The van der Waals surface area contributed by atoms with Crippen molar-refractivity contribution in [2.75, 3.05) is 7.11 Å². The Morgan fingerprint density at radius 1 is 1.08 bits per heavy atom. The first kappa shape index (κ1) is 19.5. The van der Waals surface area contributed by atoms with E-state index in [4.69, 9.17) is 9.84 Å². The number of aliphatic carboxylic acids is 1. The Morgan fingerprint density at radius 2 is 1.75 bits per heavy atom. The van der Waals surface area contributed by atoms with E-state index in [9.17, 15) is 4.79 Å². The van der Waals surface area contributed by atoms with Crippen LogP contribution in [0.25, 0.3) is 6.08 Å². The molecule has 1 N–H and O–H groups in total. The Hall–Kier alpha value is -2.55. The van der Waals surface area contributed by atoms with Gasteiger partial charge in [-0.25, -0.2) is 4.79 Å². The topological polar surface area (TPSA) is 46.5 Å². The molecule has 0 radical (unpaired) electrons. The largest absolute Gasteiger partial charge is 0.496 e. The quantitative estimate of drug-likeness (QED) is 0.579. The summed E-state index contributed by atoms with van der Waals surface area (Å²) >= 11 is 0. The average molecular weight is 326 g/mol. The molecule has 3 heteroatoms. The first-order chi connectivity index (χ1) is 11.3. The molecule has 0 saturated carbocycles. The van der Waals surface area contributed by atoms with Gasteiger partial charge >= 0.3 is 5.97 Å². The lowest BCUT2D eigenvalue weighted by Gasteiger charge is -2.13. The van der Waals surface area contributed by atoms with Gasteiger partial charge in [-0.3, -0.25) is 0 Å². The van der Waals surface area contributed by atoms with Crippen molar-refractivity contribution in [2.45, 2.75) is 34.6 Å². The number of carbonyl (C=O) groups is 1. The van der Waals surface area contributed by atoms with Crippen molar-refractivity contribution in [3.63, 3.8) is 0 Å². The first-order valence-corrected chi connectivity index (χ1v) is 7.85. The highest BCUT2D eigenvalue weighted by Crippen LogP contribution is 2.28. The van der Waals surface area contributed by atoms with Crippen molar-refractivity contribution >= 4 is 12.0 Å². The fourth-order valence-electron chi connectivity index (χ4n) is 2.40. The van der Waals surface area contributed by atoms with Gasteiger partial charge in [-0.05, 0) is 68.5 Å². The number of carboxylic acid groups (broad SMARTS) is 1. The monoisotopic (exact) mass is 326 g/mol. The Labute approximate surface area is 144 Å². The van der Waals surface area contributed by atoms with E-state index in [2.05, 4.69) is 39.0 Å². The van der Waals surface area contributed by atoms with Crippen LogP contribution in [0.5, 0.6) is 5.75 Å². The molecule has 0 heterocycles. The molecule has 3 nitrogen and oxygen atoms in total. The van der Waals surface area contributed by atoms with Gasteiger partial charge in [0.05, 0.1) is 7.11 Å². The fraction of sp³-hybridized carbons (Fsp3) is 0.286. The summed E-state index contributed by atoms with van der Waals surface area (Å²) in [5.74, 6) is -0.0170. The average Bonchev–Trinajstić information content (AvgIpc) is 2.50. The Bertz CT molecular complexity index is 732. The second-order valence-corrected chi connectivity index (χ2v) is 5.89. The maximum absolute atomic E-state index is 10.6. The molecule has 24 heavy (non-hydrogen) atoms. The summed E-state index contributed by atoms with van der Waals surface area (Å²) in [5.41, 5.74) is 6.53. The predicted octanol–water partition coefficient (Wildman–Crippen LogP) is 5.17. The molecule has 1 aromatic rings. The molecule has 0 aromatic heterocycles. The minimum atomic E-state index is -0.932. The summed E-state index contributed by atoms with van der Waals surface area (Å²) in [6.07, 6.45) is 10.9. The van der Waals surface area contributed by atoms with Gasteiger partial charge in [-0.2, -0.15) is 0 Å². The van der Waals surface area contributed by atoms with Gasteiger partial charge in [0, 0.05) is 6.08 Å². The van der Waals surface area contributed by atoms with E-state index < -0.39 is 5.97 Å². The molecule has 0 saturated heterocycles. The molecule has 0 fully saturated rings. The maximum Gasteiger partial charge on any atom is 0.328 e. The van der Waals surface area contributed by atoms with Crippen molar-refractivity contribution in [3.05, 3.63) is 69.8 Å². The third-order valence-electron chi connectivity index (χ3n) is 3.91.